The minimum atomic E-state index is -0.811. The second-order valence-electron chi connectivity index (χ2n) is 7.57. The molecule has 1 N–H and O–H groups in total. The van der Waals surface area contributed by atoms with Crippen molar-refractivity contribution in [2.45, 2.75) is 46.1 Å². The van der Waals surface area contributed by atoms with Gasteiger partial charge in [0.05, 0.1) is 5.39 Å². The van der Waals surface area contributed by atoms with Crippen LogP contribution in [0.5, 0.6) is 0 Å². The minimum Gasteiger partial charge on any atom is -0.451 e. The number of ether oxygens (including phenoxy) is 1. The number of carbonyl (C=O) groups excluding carboxylic acids is 2. The molecule has 0 spiro atoms. The second-order valence-corrected chi connectivity index (χ2v) is 7.57. The van der Waals surface area contributed by atoms with Crippen molar-refractivity contribution >= 4 is 28.3 Å². The molecule has 0 aliphatic carbocycles. The van der Waals surface area contributed by atoms with Crippen molar-refractivity contribution < 1.29 is 18.7 Å². The summed E-state index contributed by atoms with van der Waals surface area (Å²) < 4.78 is 20.1. The van der Waals surface area contributed by atoms with E-state index >= 15 is 0 Å². The molecule has 0 saturated heterocycles. The summed E-state index contributed by atoms with van der Waals surface area (Å²) in [6, 6.07) is 11.0. The predicted octanol–water partition coefficient (Wildman–Crippen LogP) is 4.22. The Morgan fingerprint density at radius 1 is 1.09 bits per heavy atom. The van der Waals surface area contributed by atoms with Crippen molar-refractivity contribution in [3.05, 3.63) is 69.9 Å². The number of esters is 1. The Bertz CT molecular complexity index is 1190. The topological polar surface area (TPSA) is 90.3 Å². The number of unbranched alkanes of at least 4 members (excludes halogenated alkanes) is 3. The van der Waals surface area contributed by atoms with Crippen LogP contribution in [0.1, 0.15) is 48.7 Å². The molecule has 2 aromatic carbocycles. The van der Waals surface area contributed by atoms with E-state index in [1.54, 1.807) is 37.3 Å². The van der Waals surface area contributed by atoms with Crippen molar-refractivity contribution in [2.24, 2.45) is 0 Å². The monoisotopic (exact) mass is 439 g/mol. The number of fused-ring (bicyclic) bond motifs is 1. The molecule has 0 aliphatic rings. The number of halogens is 1. The van der Waals surface area contributed by atoms with Crippen molar-refractivity contribution in [1.82, 2.24) is 9.78 Å². The number of hydrogen-bond acceptors (Lipinski definition) is 5. The molecule has 0 aliphatic heterocycles. The van der Waals surface area contributed by atoms with Gasteiger partial charge in [-0.2, -0.15) is 5.10 Å². The van der Waals surface area contributed by atoms with Crippen LogP contribution in [0.2, 0.25) is 0 Å². The van der Waals surface area contributed by atoms with Crippen molar-refractivity contribution in [3.63, 3.8) is 0 Å². The van der Waals surface area contributed by atoms with E-state index in [4.69, 9.17) is 4.74 Å². The summed E-state index contributed by atoms with van der Waals surface area (Å²) in [4.78, 5) is 37.6. The van der Waals surface area contributed by atoms with Crippen molar-refractivity contribution in [2.75, 3.05) is 11.9 Å². The summed E-state index contributed by atoms with van der Waals surface area (Å²) in [5, 5.41) is 7.45. The second kappa shape index (κ2) is 10.7. The normalized spacial score (nSPS) is 10.8. The zero-order valence-corrected chi connectivity index (χ0v) is 18.2. The van der Waals surface area contributed by atoms with Crippen molar-refractivity contribution in [1.29, 1.82) is 0 Å². The van der Waals surface area contributed by atoms with E-state index in [-0.39, 0.29) is 16.9 Å². The molecule has 0 radical (unpaired) electrons. The number of aromatic nitrogens is 2. The maximum atomic E-state index is 13.6. The molecule has 1 heterocycles. The SMILES string of the molecule is CCCCCCn1nc(C(=O)OCC(=O)Nc2ccc(C)c(F)c2)c2ccccc2c1=O. The van der Waals surface area contributed by atoms with Gasteiger partial charge in [-0.05, 0) is 37.1 Å². The molecule has 168 valence electrons. The Morgan fingerprint density at radius 3 is 2.56 bits per heavy atom. The molecule has 0 unspecified atom stereocenters. The highest BCUT2D eigenvalue weighted by atomic mass is 19.1. The van der Waals surface area contributed by atoms with E-state index < -0.39 is 24.3 Å². The first kappa shape index (κ1) is 23.1. The van der Waals surface area contributed by atoms with Crippen LogP contribution >= 0.6 is 0 Å². The highest BCUT2D eigenvalue weighted by molar-refractivity contribution is 6.03. The molecular formula is C24H26FN3O4. The number of anilines is 1. The number of aryl methyl sites for hydroxylation is 2. The molecule has 8 heteroatoms. The fourth-order valence-corrected chi connectivity index (χ4v) is 3.29. The lowest BCUT2D eigenvalue weighted by atomic mass is 10.1. The van der Waals surface area contributed by atoms with Crippen LogP contribution in [0.15, 0.2) is 47.3 Å². The largest absolute Gasteiger partial charge is 0.451 e. The lowest BCUT2D eigenvalue weighted by Crippen LogP contribution is -2.28. The molecule has 0 bridgehead atoms. The smallest absolute Gasteiger partial charge is 0.359 e. The van der Waals surface area contributed by atoms with Gasteiger partial charge >= 0.3 is 5.97 Å². The van der Waals surface area contributed by atoms with Gasteiger partial charge in [-0.15, -0.1) is 0 Å². The summed E-state index contributed by atoms with van der Waals surface area (Å²) in [7, 11) is 0. The fraction of sp³-hybridized carbons (Fsp3) is 0.333. The van der Waals surface area contributed by atoms with Crippen LogP contribution in [-0.4, -0.2) is 28.3 Å². The van der Waals surface area contributed by atoms with E-state index in [2.05, 4.69) is 17.3 Å². The third-order valence-corrected chi connectivity index (χ3v) is 5.07. The van der Waals surface area contributed by atoms with Crippen LogP contribution in [0.25, 0.3) is 10.8 Å². The maximum Gasteiger partial charge on any atom is 0.359 e. The first-order valence-corrected chi connectivity index (χ1v) is 10.6. The zero-order valence-electron chi connectivity index (χ0n) is 18.2. The van der Waals surface area contributed by atoms with Gasteiger partial charge < -0.3 is 10.1 Å². The van der Waals surface area contributed by atoms with Gasteiger partial charge in [0, 0.05) is 17.6 Å². The number of benzene rings is 2. The molecule has 0 fully saturated rings. The zero-order chi connectivity index (χ0) is 23.1. The van der Waals surface area contributed by atoms with Gasteiger partial charge in [-0.1, -0.05) is 50.5 Å². The number of nitrogens with zero attached hydrogens (tertiary/aromatic N) is 2. The van der Waals surface area contributed by atoms with Crippen LogP contribution in [0, 0.1) is 12.7 Å². The summed E-state index contributed by atoms with van der Waals surface area (Å²) in [5.41, 5.74) is 0.424. The Kier molecular flexibility index (Phi) is 7.70. The van der Waals surface area contributed by atoms with Crippen LogP contribution in [0.3, 0.4) is 0 Å². The van der Waals surface area contributed by atoms with E-state index in [1.807, 2.05) is 0 Å². The van der Waals surface area contributed by atoms with Gasteiger partial charge in [-0.25, -0.2) is 13.9 Å². The Morgan fingerprint density at radius 2 is 1.84 bits per heavy atom. The number of rotatable bonds is 9. The summed E-state index contributed by atoms with van der Waals surface area (Å²) >= 11 is 0. The quantitative estimate of drug-likeness (QED) is 0.398. The first-order valence-electron chi connectivity index (χ1n) is 10.6. The van der Waals surface area contributed by atoms with E-state index in [9.17, 15) is 18.8 Å². The lowest BCUT2D eigenvalue weighted by Gasteiger charge is -2.11. The predicted molar refractivity (Wildman–Crippen MR) is 120 cm³/mol. The molecule has 0 saturated carbocycles. The highest BCUT2D eigenvalue weighted by Gasteiger charge is 2.19. The third kappa shape index (κ3) is 5.57. The molecule has 32 heavy (non-hydrogen) atoms. The molecular weight excluding hydrogens is 413 g/mol. The van der Waals surface area contributed by atoms with E-state index in [0.717, 1.165) is 25.7 Å². The van der Waals surface area contributed by atoms with E-state index in [1.165, 1.54) is 16.8 Å². The standard InChI is InChI=1S/C24H26FN3O4/c1-3-4-5-8-13-28-23(30)19-10-7-6-9-18(19)22(27-28)24(31)32-15-21(29)26-17-12-11-16(2)20(25)14-17/h6-7,9-12,14H,3-5,8,13,15H2,1-2H3,(H,26,29). The maximum absolute atomic E-state index is 13.6. The molecule has 0 atom stereocenters. The summed E-state index contributed by atoms with van der Waals surface area (Å²) in [6.45, 7) is 3.53. The lowest BCUT2D eigenvalue weighted by molar-refractivity contribution is -0.119. The Balaban J connectivity index is 1.74. The number of carbonyl (C=O) groups is 2. The Labute approximate surface area is 185 Å². The van der Waals surface area contributed by atoms with Crippen LogP contribution in [-0.2, 0) is 16.1 Å². The van der Waals surface area contributed by atoms with Gasteiger partial charge in [0.2, 0.25) is 0 Å². The molecule has 3 aromatic rings. The number of nitrogens with one attached hydrogen (secondary N) is 1. The third-order valence-electron chi connectivity index (χ3n) is 5.07. The minimum absolute atomic E-state index is 0.0233. The summed E-state index contributed by atoms with van der Waals surface area (Å²) in [5.74, 6) is -1.87. The van der Waals surface area contributed by atoms with Crippen LogP contribution in [0.4, 0.5) is 10.1 Å². The van der Waals surface area contributed by atoms with Gasteiger partial charge in [0.1, 0.15) is 5.82 Å². The van der Waals surface area contributed by atoms with Gasteiger partial charge in [-0.3, -0.25) is 9.59 Å². The fourth-order valence-electron chi connectivity index (χ4n) is 3.29. The van der Waals surface area contributed by atoms with E-state index in [0.29, 0.717) is 22.9 Å². The molecule has 7 nitrogen and oxygen atoms in total. The van der Waals surface area contributed by atoms with Crippen LogP contribution < -0.4 is 10.9 Å². The number of amides is 1. The molecule has 1 aromatic heterocycles. The van der Waals surface area contributed by atoms with Gasteiger partial charge in [0.15, 0.2) is 12.3 Å². The number of hydrogen-bond donors (Lipinski definition) is 1. The van der Waals surface area contributed by atoms with Gasteiger partial charge in [0.25, 0.3) is 11.5 Å². The Hall–Kier alpha value is -3.55. The highest BCUT2D eigenvalue weighted by Crippen LogP contribution is 2.16. The first-order chi connectivity index (χ1) is 15.4. The average Bonchev–Trinajstić information content (AvgIpc) is 2.79. The average molecular weight is 439 g/mol. The molecule has 1 amide bonds. The molecule has 3 rings (SSSR count). The summed E-state index contributed by atoms with van der Waals surface area (Å²) in [6.07, 6.45) is 3.84. The van der Waals surface area contributed by atoms with Crippen molar-refractivity contribution in [3.8, 4) is 0 Å².